The lowest BCUT2D eigenvalue weighted by Gasteiger charge is -2.40. The van der Waals surface area contributed by atoms with E-state index < -0.39 is 0 Å². The minimum absolute atomic E-state index is 0. The molecule has 30 heavy (non-hydrogen) atoms. The van der Waals surface area contributed by atoms with Crippen LogP contribution in [0.4, 0.5) is 0 Å². The fourth-order valence-corrected chi connectivity index (χ4v) is 4.51. The lowest BCUT2D eigenvalue weighted by Crippen LogP contribution is -2.55. The minimum atomic E-state index is 0. The SMILES string of the molecule is CCC(CC)C(CNC(=NC)N1CCOC(c2cnn(C)c2)C1)N1CCOCC1.I. The summed E-state index contributed by atoms with van der Waals surface area (Å²) in [6.07, 6.45) is 6.35. The number of aromatic nitrogens is 2. The van der Waals surface area contributed by atoms with Gasteiger partial charge in [-0.15, -0.1) is 24.0 Å². The third-order valence-electron chi connectivity index (χ3n) is 6.25. The minimum Gasteiger partial charge on any atom is -0.379 e. The Morgan fingerprint density at radius 2 is 1.97 bits per heavy atom. The Labute approximate surface area is 198 Å². The van der Waals surface area contributed by atoms with E-state index in [1.165, 1.54) is 12.8 Å². The lowest BCUT2D eigenvalue weighted by molar-refractivity contribution is -0.00939. The van der Waals surface area contributed by atoms with Crippen molar-refractivity contribution in [2.75, 3.05) is 59.6 Å². The maximum Gasteiger partial charge on any atom is 0.193 e. The maximum absolute atomic E-state index is 6.00. The second kappa shape index (κ2) is 12.8. The van der Waals surface area contributed by atoms with Crippen molar-refractivity contribution in [3.05, 3.63) is 18.0 Å². The van der Waals surface area contributed by atoms with Crippen molar-refractivity contribution in [2.45, 2.75) is 38.8 Å². The molecule has 2 saturated heterocycles. The van der Waals surface area contributed by atoms with E-state index in [1.54, 1.807) is 0 Å². The van der Waals surface area contributed by atoms with Gasteiger partial charge in [0.25, 0.3) is 0 Å². The average molecular weight is 534 g/mol. The highest BCUT2D eigenvalue weighted by Gasteiger charge is 2.29. The van der Waals surface area contributed by atoms with Gasteiger partial charge in [0.05, 0.1) is 32.6 Å². The number of hydrogen-bond acceptors (Lipinski definition) is 5. The van der Waals surface area contributed by atoms with Crippen molar-refractivity contribution in [3.63, 3.8) is 0 Å². The lowest BCUT2D eigenvalue weighted by atomic mass is 9.92. The number of nitrogens with one attached hydrogen (secondary N) is 1. The van der Waals surface area contributed by atoms with Gasteiger partial charge in [-0.05, 0) is 5.92 Å². The molecule has 0 radical (unpaired) electrons. The van der Waals surface area contributed by atoms with E-state index in [1.807, 2.05) is 31.2 Å². The summed E-state index contributed by atoms with van der Waals surface area (Å²) in [4.78, 5) is 9.49. The summed E-state index contributed by atoms with van der Waals surface area (Å²) in [7, 11) is 3.81. The van der Waals surface area contributed by atoms with Gasteiger partial charge in [0, 0.05) is 58.1 Å². The van der Waals surface area contributed by atoms with Crippen molar-refractivity contribution in [1.82, 2.24) is 24.9 Å². The smallest absolute Gasteiger partial charge is 0.193 e. The molecule has 2 aliphatic rings. The van der Waals surface area contributed by atoms with E-state index in [4.69, 9.17) is 9.47 Å². The Hall–Kier alpha value is -0.910. The van der Waals surface area contributed by atoms with Crippen LogP contribution in [0.1, 0.15) is 38.4 Å². The highest BCUT2D eigenvalue weighted by atomic mass is 127. The summed E-state index contributed by atoms with van der Waals surface area (Å²) in [5.41, 5.74) is 1.12. The molecular weight excluding hydrogens is 495 g/mol. The third kappa shape index (κ3) is 6.54. The van der Waals surface area contributed by atoms with E-state index >= 15 is 0 Å². The van der Waals surface area contributed by atoms with Gasteiger partial charge in [-0.25, -0.2) is 0 Å². The average Bonchev–Trinajstić information content (AvgIpc) is 3.21. The predicted octanol–water partition coefficient (Wildman–Crippen LogP) is 2.12. The van der Waals surface area contributed by atoms with Gasteiger partial charge in [-0.3, -0.25) is 14.6 Å². The first-order valence-electron chi connectivity index (χ1n) is 11.0. The molecule has 2 atom stereocenters. The molecule has 1 aromatic rings. The van der Waals surface area contributed by atoms with Crippen molar-refractivity contribution in [1.29, 1.82) is 0 Å². The van der Waals surface area contributed by atoms with Gasteiger partial charge in [0.1, 0.15) is 6.10 Å². The van der Waals surface area contributed by atoms with Gasteiger partial charge >= 0.3 is 0 Å². The fraction of sp³-hybridized carbons (Fsp3) is 0.810. The molecule has 0 aliphatic carbocycles. The maximum atomic E-state index is 6.00. The molecule has 0 saturated carbocycles. The number of aryl methyl sites for hydroxylation is 1. The standard InChI is InChI=1S/C21H38N6O2.HI/c1-5-17(6-2)19(26-7-10-28-11-8-26)14-23-21(22-3)27-9-12-29-20(16-27)18-13-24-25(4)15-18;/h13,15,17,19-20H,5-12,14,16H2,1-4H3,(H,22,23);1H. The van der Waals surface area contributed by atoms with Crippen LogP contribution in [-0.4, -0.2) is 91.2 Å². The summed E-state index contributed by atoms with van der Waals surface area (Å²) in [5, 5.41) is 7.97. The molecule has 0 aromatic carbocycles. The Morgan fingerprint density at radius 1 is 1.23 bits per heavy atom. The topological polar surface area (TPSA) is 67.2 Å². The van der Waals surface area contributed by atoms with Crippen LogP contribution in [0.2, 0.25) is 0 Å². The third-order valence-corrected chi connectivity index (χ3v) is 6.25. The number of guanidine groups is 1. The zero-order valence-corrected chi connectivity index (χ0v) is 21.2. The van der Waals surface area contributed by atoms with Crippen LogP contribution in [0.3, 0.4) is 0 Å². The van der Waals surface area contributed by atoms with Crippen molar-refractivity contribution in [3.8, 4) is 0 Å². The van der Waals surface area contributed by atoms with Crippen LogP contribution < -0.4 is 5.32 Å². The monoisotopic (exact) mass is 534 g/mol. The number of nitrogens with zero attached hydrogens (tertiary/aromatic N) is 5. The Bertz CT molecular complexity index is 645. The molecule has 3 heterocycles. The first kappa shape index (κ1) is 25.4. The number of hydrogen-bond donors (Lipinski definition) is 1. The summed E-state index contributed by atoms with van der Waals surface area (Å²) in [5.74, 6) is 1.64. The second-order valence-electron chi connectivity index (χ2n) is 7.97. The molecule has 0 spiro atoms. The fourth-order valence-electron chi connectivity index (χ4n) is 4.51. The van der Waals surface area contributed by atoms with E-state index in [0.29, 0.717) is 18.6 Å². The molecule has 3 rings (SSSR count). The van der Waals surface area contributed by atoms with Crippen LogP contribution in [-0.2, 0) is 16.5 Å². The summed E-state index contributed by atoms with van der Waals surface area (Å²) in [6, 6.07) is 0.501. The van der Waals surface area contributed by atoms with Crippen molar-refractivity contribution in [2.24, 2.45) is 18.0 Å². The van der Waals surface area contributed by atoms with Crippen molar-refractivity contribution < 1.29 is 9.47 Å². The van der Waals surface area contributed by atoms with Gasteiger partial charge in [0.15, 0.2) is 5.96 Å². The number of halogens is 1. The summed E-state index contributed by atoms with van der Waals surface area (Å²) >= 11 is 0. The highest BCUT2D eigenvalue weighted by molar-refractivity contribution is 14.0. The van der Waals surface area contributed by atoms with E-state index in [0.717, 1.165) is 57.5 Å². The largest absolute Gasteiger partial charge is 0.379 e. The molecule has 1 N–H and O–H groups in total. The number of morpholine rings is 2. The molecule has 172 valence electrons. The Kier molecular flexibility index (Phi) is 10.8. The molecule has 2 fully saturated rings. The number of rotatable bonds is 7. The van der Waals surface area contributed by atoms with Crippen LogP contribution in [0.15, 0.2) is 17.4 Å². The van der Waals surface area contributed by atoms with Crippen LogP contribution in [0, 0.1) is 5.92 Å². The number of ether oxygens (including phenoxy) is 2. The van der Waals surface area contributed by atoms with Gasteiger partial charge < -0.3 is 19.7 Å². The predicted molar refractivity (Wildman–Crippen MR) is 131 cm³/mol. The van der Waals surface area contributed by atoms with Gasteiger partial charge in [0.2, 0.25) is 0 Å². The second-order valence-corrected chi connectivity index (χ2v) is 7.97. The van der Waals surface area contributed by atoms with Crippen LogP contribution in [0.25, 0.3) is 0 Å². The Balaban J connectivity index is 0.00000320. The molecule has 8 nitrogen and oxygen atoms in total. The molecular formula is C21H39IN6O2. The molecule has 0 bridgehead atoms. The quantitative estimate of drug-likeness (QED) is 0.329. The summed E-state index contributed by atoms with van der Waals surface area (Å²) < 4.78 is 13.4. The van der Waals surface area contributed by atoms with Crippen molar-refractivity contribution >= 4 is 29.9 Å². The van der Waals surface area contributed by atoms with Crippen LogP contribution in [0.5, 0.6) is 0 Å². The zero-order chi connectivity index (χ0) is 20.6. The number of aliphatic imine (C=N–C) groups is 1. The molecule has 2 unspecified atom stereocenters. The van der Waals surface area contributed by atoms with E-state index in [-0.39, 0.29) is 30.1 Å². The summed E-state index contributed by atoms with van der Waals surface area (Å²) in [6.45, 7) is 11.6. The van der Waals surface area contributed by atoms with Gasteiger partial charge in [-0.1, -0.05) is 26.7 Å². The first-order chi connectivity index (χ1) is 14.2. The van der Waals surface area contributed by atoms with E-state index in [9.17, 15) is 0 Å². The highest BCUT2D eigenvalue weighted by Crippen LogP contribution is 2.22. The Morgan fingerprint density at radius 3 is 2.57 bits per heavy atom. The molecule has 0 amide bonds. The van der Waals surface area contributed by atoms with Gasteiger partial charge in [-0.2, -0.15) is 5.10 Å². The van der Waals surface area contributed by atoms with Crippen LogP contribution >= 0.6 is 24.0 Å². The molecule has 1 aromatic heterocycles. The molecule has 9 heteroatoms. The zero-order valence-electron chi connectivity index (χ0n) is 18.9. The first-order valence-corrected chi connectivity index (χ1v) is 11.0. The van der Waals surface area contributed by atoms with E-state index in [2.05, 4.69) is 39.1 Å². The molecule has 2 aliphatic heterocycles. The normalized spacial score (nSPS) is 22.1.